The number of nitrogens with one attached hydrogen (secondary N) is 1. The summed E-state index contributed by atoms with van der Waals surface area (Å²) in [6, 6.07) is 8.79. The summed E-state index contributed by atoms with van der Waals surface area (Å²) < 4.78 is 1.81. The summed E-state index contributed by atoms with van der Waals surface area (Å²) in [6.45, 7) is 3.81. The van der Waals surface area contributed by atoms with E-state index in [0.717, 1.165) is 11.3 Å². The second-order valence-corrected chi connectivity index (χ2v) is 4.39. The van der Waals surface area contributed by atoms with Gasteiger partial charge in [0.2, 0.25) is 0 Å². The summed E-state index contributed by atoms with van der Waals surface area (Å²) in [6.07, 6.45) is 0. The van der Waals surface area contributed by atoms with Crippen molar-refractivity contribution in [1.29, 1.82) is 0 Å². The van der Waals surface area contributed by atoms with Gasteiger partial charge in [0, 0.05) is 12.7 Å². The summed E-state index contributed by atoms with van der Waals surface area (Å²) >= 11 is 0. The maximum absolute atomic E-state index is 12.0. The molecule has 1 heterocycles. The van der Waals surface area contributed by atoms with Crippen LogP contribution in [-0.4, -0.2) is 15.6 Å². The van der Waals surface area contributed by atoms with Gasteiger partial charge >= 0.3 is 0 Å². The summed E-state index contributed by atoms with van der Waals surface area (Å²) in [5.74, 6) is -0.154. The lowest BCUT2D eigenvalue weighted by molar-refractivity contribution is 0.101. The Hall–Kier alpha value is -2.23. The highest BCUT2D eigenvalue weighted by Gasteiger charge is 2.12. The van der Waals surface area contributed by atoms with E-state index < -0.39 is 0 Å². The van der Waals surface area contributed by atoms with Crippen LogP contribution in [0.2, 0.25) is 0 Å². The van der Waals surface area contributed by atoms with Crippen LogP contribution < -0.4 is 5.32 Å². The third-order valence-electron chi connectivity index (χ3n) is 3.01. The molecule has 0 aliphatic heterocycles. The molecule has 0 fully saturated rings. The summed E-state index contributed by atoms with van der Waals surface area (Å²) in [7, 11) is 1.83. The number of aryl methyl sites for hydroxylation is 2. The fraction of sp³-hybridized carbons (Fsp3) is 0.214. The van der Waals surface area contributed by atoms with Crippen LogP contribution in [0.15, 0.2) is 30.3 Å². The van der Waals surface area contributed by atoms with E-state index in [2.05, 4.69) is 5.32 Å². The topological polar surface area (TPSA) is 54.3 Å². The summed E-state index contributed by atoms with van der Waals surface area (Å²) in [5.41, 5.74) is 2.94. The van der Waals surface area contributed by atoms with Crippen molar-refractivity contribution >= 4 is 11.6 Å². The Balaban J connectivity index is 2.24. The minimum Gasteiger partial charge on any atom is -0.506 e. The van der Waals surface area contributed by atoms with E-state index in [1.165, 1.54) is 0 Å². The molecule has 1 amide bonds. The number of hydrogen-bond acceptors (Lipinski definition) is 2. The van der Waals surface area contributed by atoms with Crippen molar-refractivity contribution in [1.82, 2.24) is 4.57 Å². The van der Waals surface area contributed by atoms with Crippen molar-refractivity contribution in [2.75, 3.05) is 5.32 Å². The average Bonchev–Trinajstić information content (AvgIpc) is 2.64. The summed E-state index contributed by atoms with van der Waals surface area (Å²) in [4.78, 5) is 12.0. The standard InChI is InChI=1S/C14H16N2O2/c1-9-4-6-11(13(17)8-9)15-14(18)12-7-5-10(2)16(12)3/h4-8,17H,1-3H3,(H,15,18). The van der Waals surface area contributed by atoms with Crippen molar-refractivity contribution in [2.45, 2.75) is 13.8 Å². The van der Waals surface area contributed by atoms with Crippen LogP contribution in [0.4, 0.5) is 5.69 Å². The number of phenolic OH excluding ortho intramolecular Hbond substituents is 1. The van der Waals surface area contributed by atoms with Gasteiger partial charge in [-0.05, 0) is 43.7 Å². The number of nitrogens with zero attached hydrogens (tertiary/aromatic N) is 1. The summed E-state index contributed by atoms with van der Waals surface area (Å²) in [5, 5.41) is 12.4. The molecule has 1 aromatic heterocycles. The van der Waals surface area contributed by atoms with E-state index in [0.29, 0.717) is 11.4 Å². The molecule has 4 heteroatoms. The van der Waals surface area contributed by atoms with Crippen molar-refractivity contribution in [3.63, 3.8) is 0 Å². The smallest absolute Gasteiger partial charge is 0.272 e. The normalized spacial score (nSPS) is 10.4. The number of benzene rings is 1. The van der Waals surface area contributed by atoms with Crippen molar-refractivity contribution in [2.24, 2.45) is 7.05 Å². The van der Waals surface area contributed by atoms with Gasteiger partial charge in [-0.25, -0.2) is 0 Å². The SMILES string of the molecule is Cc1ccc(NC(=O)c2ccc(C)n2C)c(O)c1. The zero-order chi connectivity index (χ0) is 13.3. The molecule has 0 saturated heterocycles. The van der Waals surface area contributed by atoms with Crippen molar-refractivity contribution in [3.8, 4) is 5.75 Å². The van der Waals surface area contributed by atoms with E-state index in [-0.39, 0.29) is 11.7 Å². The Labute approximate surface area is 106 Å². The maximum atomic E-state index is 12.0. The van der Waals surface area contributed by atoms with Gasteiger partial charge in [0.1, 0.15) is 11.4 Å². The van der Waals surface area contributed by atoms with E-state index in [1.54, 1.807) is 22.8 Å². The van der Waals surface area contributed by atoms with Crippen LogP contribution in [-0.2, 0) is 7.05 Å². The van der Waals surface area contributed by atoms with Crippen LogP contribution in [0.3, 0.4) is 0 Å². The van der Waals surface area contributed by atoms with Crippen LogP contribution in [0, 0.1) is 13.8 Å². The van der Waals surface area contributed by atoms with E-state index in [9.17, 15) is 9.90 Å². The first kappa shape index (κ1) is 12.2. The molecule has 2 aromatic rings. The van der Waals surface area contributed by atoms with Crippen LogP contribution in [0.5, 0.6) is 5.75 Å². The first-order chi connectivity index (χ1) is 8.49. The molecule has 0 radical (unpaired) electrons. The van der Waals surface area contributed by atoms with Gasteiger partial charge in [-0.2, -0.15) is 0 Å². The van der Waals surface area contributed by atoms with Crippen LogP contribution >= 0.6 is 0 Å². The number of rotatable bonds is 2. The molecule has 2 rings (SSSR count). The van der Waals surface area contributed by atoms with E-state index in [1.807, 2.05) is 33.0 Å². The number of anilines is 1. The van der Waals surface area contributed by atoms with Crippen LogP contribution in [0.25, 0.3) is 0 Å². The number of hydrogen-bond donors (Lipinski definition) is 2. The molecule has 94 valence electrons. The second-order valence-electron chi connectivity index (χ2n) is 4.39. The minimum atomic E-state index is -0.232. The predicted octanol–water partition coefficient (Wildman–Crippen LogP) is 2.60. The third kappa shape index (κ3) is 2.22. The molecule has 0 atom stereocenters. The number of phenols is 1. The van der Waals surface area contributed by atoms with Gasteiger partial charge < -0.3 is 15.0 Å². The number of aromatic hydroxyl groups is 1. The Bertz CT molecular complexity index is 600. The number of carbonyl (C=O) groups excluding carboxylic acids is 1. The average molecular weight is 244 g/mol. The Kier molecular flexibility index (Phi) is 3.10. The lowest BCUT2D eigenvalue weighted by Gasteiger charge is -2.09. The molecule has 2 N–H and O–H groups in total. The molecule has 0 aliphatic carbocycles. The van der Waals surface area contributed by atoms with Crippen molar-refractivity contribution < 1.29 is 9.90 Å². The van der Waals surface area contributed by atoms with Gasteiger partial charge in [0.05, 0.1) is 5.69 Å². The molecular formula is C14H16N2O2. The minimum absolute atomic E-state index is 0.0780. The fourth-order valence-corrected chi connectivity index (χ4v) is 1.77. The first-order valence-electron chi connectivity index (χ1n) is 5.72. The molecule has 0 unspecified atom stereocenters. The lowest BCUT2D eigenvalue weighted by Crippen LogP contribution is -2.16. The highest BCUT2D eigenvalue weighted by atomic mass is 16.3. The Morgan fingerprint density at radius 2 is 1.94 bits per heavy atom. The first-order valence-corrected chi connectivity index (χ1v) is 5.72. The predicted molar refractivity (Wildman–Crippen MR) is 70.9 cm³/mol. The van der Waals surface area contributed by atoms with Crippen LogP contribution in [0.1, 0.15) is 21.7 Å². The van der Waals surface area contributed by atoms with Gasteiger partial charge in [-0.3, -0.25) is 4.79 Å². The zero-order valence-electron chi connectivity index (χ0n) is 10.7. The highest BCUT2D eigenvalue weighted by Crippen LogP contribution is 2.24. The molecule has 4 nitrogen and oxygen atoms in total. The molecule has 18 heavy (non-hydrogen) atoms. The molecule has 0 saturated carbocycles. The zero-order valence-corrected chi connectivity index (χ0v) is 10.7. The number of aromatic nitrogens is 1. The highest BCUT2D eigenvalue weighted by molar-refractivity contribution is 6.04. The Morgan fingerprint density at radius 3 is 2.50 bits per heavy atom. The Morgan fingerprint density at radius 1 is 1.22 bits per heavy atom. The molecule has 1 aromatic carbocycles. The monoisotopic (exact) mass is 244 g/mol. The maximum Gasteiger partial charge on any atom is 0.272 e. The van der Waals surface area contributed by atoms with Gasteiger partial charge in [0.25, 0.3) is 5.91 Å². The molecule has 0 spiro atoms. The quantitative estimate of drug-likeness (QED) is 0.798. The van der Waals surface area contributed by atoms with Gasteiger partial charge in [0.15, 0.2) is 0 Å². The molecule has 0 bridgehead atoms. The lowest BCUT2D eigenvalue weighted by atomic mass is 10.2. The number of carbonyl (C=O) groups is 1. The van der Waals surface area contributed by atoms with Gasteiger partial charge in [-0.1, -0.05) is 6.07 Å². The largest absolute Gasteiger partial charge is 0.506 e. The second kappa shape index (κ2) is 4.56. The third-order valence-corrected chi connectivity index (χ3v) is 3.01. The van der Waals surface area contributed by atoms with E-state index in [4.69, 9.17) is 0 Å². The molecular weight excluding hydrogens is 228 g/mol. The van der Waals surface area contributed by atoms with Crippen molar-refractivity contribution in [3.05, 3.63) is 47.3 Å². The van der Waals surface area contributed by atoms with E-state index >= 15 is 0 Å². The number of amides is 1. The molecule has 0 aliphatic rings. The fourth-order valence-electron chi connectivity index (χ4n) is 1.77. The van der Waals surface area contributed by atoms with Gasteiger partial charge in [-0.15, -0.1) is 0 Å².